The largest absolute Gasteiger partial charge is 0.481 e. The second-order valence-electron chi connectivity index (χ2n) is 6.96. The van der Waals surface area contributed by atoms with Crippen LogP contribution in [0.4, 0.5) is 0 Å². The third-order valence-electron chi connectivity index (χ3n) is 3.48. The quantitative estimate of drug-likeness (QED) is 0.247. The summed E-state index contributed by atoms with van der Waals surface area (Å²) in [5.74, 6) is -5.94. The summed E-state index contributed by atoms with van der Waals surface area (Å²) in [5, 5.41) is 59.2. The van der Waals surface area contributed by atoms with Crippen molar-refractivity contribution in [1.82, 2.24) is 0 Å². The molecule has 32 heavy (non-hydrogen) atoms. The van der Waals surface area contributed by atoms with Crippen LogP contribution in [0, 0.1) is 0 Å². The van der Waals surface area contributed by atoms with E-state index in [0.29, 0.717) is 19.3 Å². The third-order valence-corrected chi connectivity index (χ3v) is 3.48. The van der Waals surface area contributed by atoms with E-state index in [1.165, 1.54) is 0 Å². The number of benzene rings is 1. The lowest BCUT2D eigenvalue weighted by Gasteiger charge is -2.13. The minimum atomic E-state index is -1.48. The van der Waals surface area contributed by atoms with Crippen molar-refractivity contribution >= 4 is 29.8 Å². The number of aliphatic hydroxyl groups is 2. The third kappa shape index (κ3) is 16.3. The normalized spacial score (nSPS) is 10.0. The fourth-order valence-corrected chi connectivity index (χ4v) is 1.87. The Hall–Kier alpha value is -3.51. The first-order valence-corrected chi connectivity index (χ1v) is 9.23. The monoisotopic (exact) mass is 460 g/mol. The fraction of sp³-hybridized carbons (Fsp3) is 0.450. The van der Waals surface area contributed by atoms with E-state index in [0.717, 1.165) is 18.2 Å². The SMILES string of the molecule is CC(C)(O)CCO.O=C(O)CCCCC(=O)O.O=C(O)c1ccc(C(=O)O)c(C(=O)O)c1. The van der Waals surface area contributed by atoms with Crippen LogP contribution >= 0.6 is 0 Å². The first-order chi connectivity index (χ1) is 14.6. The average Bonchev–Trinajstić information content (AvgIpc) is 2.64. The first kappa shape index (κ1) is 30.7. The van der Waals surface area contributed by atoms with Gasteiger partial charge < -0.3 is 35.7 Å². The number of aliphatic hydroxyl groups excluding tert-OH is 1. The molecule has 1 rings (SSSR count). The number of unbranched alkanes of at least 4 members (excludes halogenated alkanes) is 1. The number of aromatic carboxylic acids is 3. The lowest BCUT2D eigenvalue weighted by Crippen LogP contribution is -2.19. The van der Waals surface area contributed by atoms with Crippen molar-refractivity contribution in [2.24, 2.45) is 0 Å². The average molecular weight is 460 g/mol. The van der Waals surface area contributed by atoms with Crippen molar-refractivity contribution in [2.45, 2.75) is 51.6 Å². The van der Waals surface area contributed by atoms with Gasteiger partial charge in [-0.2, -0.15) is 0 Å². The zero-order chi connectivity index (χ0) is 25.5. The van der Waals surface area contributed by atoms with E-state index in [1.54, 1.807) is 13.8 Å². The van der Waals surface area contributed by atoms with Crippen LogP contribution in [-0.2, 0) is 9.59 Å². The predicted octanol–water partition coefficient (Wildman–Crippen LogP) is 1.64. The highest BCUT2D eigenvalue weighted by Crippen LogP contribution is 2.12. The molecule has 0 aliphatic heterocycles. The highest BCUT2D eigenvalue weighted by Gasteiger charge is 2.18. The van der Waals surface area contributed by atoms with E-state index in [2.05, 4.69) is 0 Å². The molecule has 12 heteroatoms. The van der Waals surface area contributed by atoms with E-state index < -0.39 is 46.6 Å². The van der Waals surface area contributed by atoms with Gasteiger partial charge in [-0.1, -0.05) is 0 Å². The Bertz CT molecular complexity index is 776. The topological polar surface area (TPSA) is 227 Å². The molecule has 12 nitrogen and oxygen atoms in total. The first-order valence-electron chi connectivity index (χ1n) is 9.23. The van der Waals surface area contributed by atoms with Crippen LogP contribution in [0.5, 0.6) is 0 Å². The van der Waals surface area contributed by atoms with Gasteiger partial charge in [0.05, 0.1) is 22.3 Å². The molecule has 7 N–H and O–H groups in total. The summed E-state index contributed by atoms with van der Waals surface area (Å²) in [6.07, 6.45) is 1.47. The smallest absolute Gasteiger partial charge is 0.336 e. The minimum absolute atomic E-state index is 0.0590. The minimum Gasteiger partial charge on any atom is -0.481 e. The molecule has 0 atom stereocenters. The van der Waals surface area contributed by atoms with Crippen LogP contribution in [0.3, 0.4) is 0 Å². The summed E-state index contributed by atoms with van der Waals surface area (Å²) in [4.78, 5) is 51.6. The van der Waals surface area contributed by atoms with Crippen LogP contribution in [0.15, 0.2) is 18.2 Å². The van der Waals surface area contributed by atoms with Crippen LogP contribution < -0.4 is 0 Å². The lowest BCUT2D eigenvalue weighted by atomic mass is 10.0. The highest BCUT2D eigenvalue weighted by molar-refractivity contribution is 6.03. The van der Waals surface area contributed by atoms with Crippen LogP contribution in [0.1, 0.15) is 77.0 Å². The van der Waals surface area contributed by atoms with Gasteiger partial charge in [0.2, 0.25) is 0 Å². The molecular formula is C20H28O12. The standard InChI is InChI=1S/C9H6O6.C6H10O4.C5H12O2/c10-7(11)4-1-2-5(8(12)13)6(3-4)9(14)15;7-5(8)3-1-2-4-6(9)10;1-5(2,7)3-4-6/h1-3H,(H,10,11)(H,12,13)(H,14,15);1-4H2,(H,7,8)(H,9,10);6-7H,3-4H2,1-2H3. The Labute approximate surface area is 183 Å². The van der Waals surface area contributed by atoms with Gasteiger partial charge in [0.1, 0.15) is 0 Å². The zero-order valence-corrected chi connectivity index (χ0v) is 17.6. The number of hydrogen-bond donors (Lipinski definition) is 7. The summed E-state index contributed by atoms with van der Waals surface area (Å²) in [6, 6.07) is 2.81. The summed E-state index contributed by atoms with van der Waals surface area (Å²) in [5.41, 5.74) is -1.94. The molecule has 0 bridgehead atoms. The summed E-state index contributed by atoms with van der Waals surface area (Å²) in [6.45, 7) is 3.40. The van der Waals surface area contributed by atoms with E-state index in [1.807, 2.05) is 0 Å². The molecule has 0 unspecified atom stereocenters. The number of hydrogen-bond acceptors (Lipinski definition) is 7. The van der Waals surface area contributed by atoms with Crippen LogP contribution in [-0.4, -0.2) is 77.8 Å². The Balaban J connectivity index is 0. The molecule has 1 aromatic carbocycles. The van der Waals surface area contributed by atoms with E-state index in [4.69, 9.17) is 35.7 Å². The maximum atomic E-state index is 10.6. The Morgan fingerprint density at radius 2 is 1.19 bits per heavy atom. The van der Waals surface area contributed by atoms with Gasteiger partial charge >= 0.3 is 29.8 Å². The molecular weight excluding hydrogens is 432 g/mol. The number of aliphatic carboxylic acids is 2. The van der Waals surface area contributed by atoms with Crippen LogP contribution in [0.2, 0.25) is 0 Å². The van der Waals surface area contributed by atoms with Gasteiger partial charge in [-0.15, -0.1) is 0 Å². The number of carbonyl (C=O) groups is 5. The molecule has 180 valence electrons. The van der Waals surface area contributed by atoms with Crippen molar-refractivity contribution in [1.29, 1.82) is 0 Å². The summed E-state index contributed by atoms with van der Waals surface area (Å²) >= 11 is 0. The Morgan fingerprint density at radius 1 is 0.750 bits per heavy atom. The van der Waals surface area contributed by atoms with Gasteiger partial charge in [0, 0.05) is 19.4 Å². The summed E-state index contributed by atoms with van der Waals surface area (Å²) in [7, 11) is 0. The lowest BCUT2D eigenvalue weighted by molar-refractivity contribution is -0.139. The van der Waals surface area contributed by atoms with Gasteiger partial charge in [-0.25, -0.2) is 14.4 Å². The second kappa shape index (κ2) is 15.3. The van der Waals surface area contributed by atoms with E-state index >= 15 is 0 Å². The molecule has 0 aliphatic rings. The molecule has 0 amide bonds. The molecule has 1 aromatic rings. The number of carboxylic acid groups (broad SMARTS) is 5. The van der Waals surface area contributed by atoms with Gasteiger partial charge in [-0.05, 0) is 51.3 Å². The Kier molecular flexibility index (Phi) is 14.7. The van der Waals surface area contributed by atoms with Crippen molar-refractivity contribution < 1.29 is 59.7 Å². The highest BCUT2D eigenvalue weighted by atomic mass is 16.4. The second-order valence-corrected chi connectivity index (χ2v) is 6.96. The summed E-state index contributed by atoms with van der Waals surface area (Å²) < 4.78 is 0. The Morgan fingerprint density at radius 3 is 1.44 bits per heavy atom. The van der Waals surface area contributed by atoms with E-state index in [9.17, 15) is 24.0 Å². The maximum absolute atomic E-state index is 10.6. The van der Waals surface area contributed by atoms with Crippen molar-refractivity contribution in [2.75, 3.05) is 6.61 Å². The predicted molar refractivity (Wildman–Crippen MR) is 109 cm³/mol. The molecule has 0 spiro atoms. The van der Waals surface area contributed by atoms with Gasteiger partial charge in [0.15, 0.2) is 0 Å². The zero-order valence-electron chi connectivity index (χ0n) is 17.6. The molecule has 0 heterocycles. The molecule has 0 radical (unpaired) electrons. The fourth-order valence-electron chi connectivity index (χ4n) is 1.87. The number of carboxylic acids is 5. The molecule has 0 aliphatic carbocycles. The number of rotatable bonds is 10. The maximum Gasteiger partial charge on any atom is 0.336 e. The van der Waals surface area contributed by atoms with Gasteiger partial charge in [0.25, 0.3) is 0 Å². The van der Waals surface area contributed by atoms with Crippen molar-refractivity contribution in [3.63, 3.8) is 0 Å². The molecule has 0 saturated heterocycles. The molecule has 0 aromatic heterocycles. The van der Waals surface area contributed by atoms with Crippen molar-refractivity contribution in [3.8, 4) is 0 Å². The van der Waals surface area contributed by atoms with Crippen molar-refractivity contribution in [3.05, 3.63) is 34.9 Å². The molecule has 0 fully saturated rings. The van der Waals surface area contributed by atoms with Gasteiger partial charge in [-0.3, -0.25) is 9.59 Å². The van der Waals surface area contributed by atoms with E-state index in [-0.39, 0.29) is 25.0 Å². The molecule has 0 saturated carbocycles. The van der Waals surface area contributed by atoms with Crippen LogP contribution in [0.25, 0.3) is 0 Å².